The fourth-order valence-electron chi connectivity index (χ4n) is 1.26. The highest BCUT2D eigenvalue weighted by Gasteiger charge is 2.10. The molecule has 0 radical (unpaired) electrons. The van der Waals surface area contributed by atoms with Crippen LogP contribution in [0.2, 0.25) is 0 Å². The van der Waals surface area contributed by atoms with Crippen LogP contribution < -0.4 is 0 Å². The van der Waals surface area contributed by atoms with Crippen molar-refractivity contribution in [2.24, 2.45) is 0 Å². The molecule has 0 spiro atoms. The van der Waals surface area contributed by atoms with Crippen LogP contribution in [0.15, 0.2) is 23.3 Å². The first-order valence-corrected chi connectivity index (χ1v) is 4.08. The van der Waals surface area contributed by atoms with Crippen molar-refractivity contribution in [2.45, 2.75) is 33.1 Å². The van der Waals surface area contributed by atoms with E-state index in [1.807, 2.05) is 6.92 Å². The Hall–Kier alpha value is -0.850. The largest absolute Gasteiger partial charge is 0.299 e. The van der Waals surface area contributed by atoms with E-state index >= 15 is 0 Å². The molecule has 0 unspecified atom stereocenters. The van der Waals surface area contributed by atoms with Crippen LogP contribution in [-0.2, 0) is 4.79 Å². The molecule has 1 heteroatoms. The first-order chi connectivity index (χ1) is 5.24. The van der Waals surface area contributed by atoms with E-state index in [0.717, 1.165) is 12.8 Å². The maximum atomic E-state index is 10.9. The van der Waals surface area contributed by atoms with Crippen LogP contribution in [-0.4, -0.2) is 5.78 Å². The van der Waals surface area contributed by atoms with Gasteiger partial charge in [-0.2, -0.15) is 0 Å². The summed E-state index contributed by atoms with van der Waals surface area (Å²) in [6, 6.07) is 0. The van der Waals surface area contributed by atoms with Gasteiger partial charge in [0.05, 0.1) is 0 Å². The van der Waals surface area contributed by atoms with Crippen LogP contribution in [0.25, 0.3) is 0 Å². The van der Waals surface area contributed by atoms with E-state index in [-0.39, 0.29) is 0 Å². The van der Waals surface area contributed by atoms with Crippen molar-refractivity contribution in [2.75, 3.05) is 0 Å². The minimum atomic E-state index is 0.373. The third-order valence-corrected chi connectivity index (χ3v) is 2.19. The Bertz CT molecular complexity index is 221. The van der Waals surface area contributed by atoms with Crippen LogP contribution in [0.1, 0.15) is 33.1 Å². The SMILES string of the molecule is CC=C(C)C1=CCC(=O)CC1. The van der Waals surface area contributed by atoms with E-state index in [1.54, 1.807) is 0 Å². The summed E-state index contributed by atoms with van der Waals surface area (Å²) < 4.78 is 0. The molecule has 0 aliphatic heterocycles. The Morgan fingerprint density at radius 3 is 2.73 bits per heavy atom. The van der Waals surface area contributed by atoms with Gasteiger partial charge in [-0.15, -0.1) is 0 Å². The summed E-state index contributed by atoms with van der Waals surface area (Å²) in [4.78, 5) is 10.9. The lowest BCUT2D eigenvalue weighted by Crippen LogP contribution is -2.03. The Morgan fingerprint density at radius 2 is 2.27 bits per heavy atom. The molecular formula is C10H14O. The maximum Gasteiger partial charge on any atom is 0.137 e. The summed E-state index contributed by atoms with van der Waals surface area (Å²) in [7, 11) is 0. The van der Waals surface area contributed by atoms with E-state index in [0.29, 0.717) is 12.2 Å². The third kappa shape index (κ3) is 2.04. The van der Waals surface area contributed by atoms with Gasteiger partial charge in [0, 0.05) is 12.8 Å². The van der Waals surface area contributed by atoms with E-state index in [4.69, 9.17) is 0 Å². The minimum Gasteiger partial charge on any atom is -0.299 e. The number of hydrogen-bond donors (Lipinski definition) is 0. The van der Waals surface area contributed by atoms with Gasteiger partial charge in [-0.1, -0.05) is 17.7 Å². The second kappa shape index (κ2) is 3.51. The van der Waals surface area contributed by atoms with Crippen molar-refractivity contribution in [1.82, 2.24) is 0 Å². The Kier molecular flexibility index (Phi) is 2.64. The van der Waals surface area contributed by atoms with Gasteiger partial charge in [0.25, 0.3) is 0 Å². The highest BCUT2D eigenvalue weighted by Crippen LogP contribution is 2.21. The van der Waals surface area contributed by atoms with Crippen LogP contribution in [0.5, 0.6) is 0 Å². The summed E-state index contributed by atoms with van der Waals surface area (Å²) in [6.07, 6.45) is 6.47. The number of carbonyl (C=O) groups is 1. The Labute approximate surface area is 67.8 Å². The highest BCUT2D eigenvalue weighted by molar-refractivity contribution is 5.81. The number of ketones is 1. The van der Waals surface area contributed by atoms with Crippen molar-refractivity contribution in [3.8, 4) is 0 Å². The molecule has 1 rings (SSSR count). The van der Waals surface area contributed by atoms with Gasteiger partial charge < -0.3 is 0 Å². The molecule has 0 atom stereocenters. The second-order valence-corrected chi connectivity index (χ2v) is 2.94. The first-order valence-electron chi connectivity index (χ1n) is 4.08. The average molecular weight is 150 g/mol. The number of allylic oxidation sites excluding steroid dienone is 4. The quantitative estimate of drug-likeness (QED) is 0.561. The lowest BCUT2D eigenvalue weighted by atomic mass is 9.93. The molecule has 11 heavy (non-hydrogen) atoms. The molecule has 0 N–H and O–H groups in total. The lowest BCUT2D eigenvalue weighted by molar-refractivity contribution is -0.118. The van der Waals surface area contributed by atoms with Crippen LogP contribution in [0.3, 0.4) is 0 Å². The van der Waals surface area contributed by atoms with Gasteiger partial charge in [-0.3, -0.25) is 4.79 Å². The molecule has 0 aromatic rings. The third-order valence-electron chi connectivity index (χ3n) is 2.19. The fraction of sp³-hybridized carbons (Fsp3) is 0.500. The summed E-state index contributed by atoms with van der Waals surface area (Å²) >= 11 is 0. The molecule has 0 amide bonds. The zero-order chi connectivity index (χ0) is 8.27. The number of Topliss-reactive ketones (excluding diaryl/α,β-unsaturated/α-hetero) is 1. The van der Waals surface area contributed by atoms with Crippen molar-refractivity contribution < 1.29 is 4.79 Å². The molecule has 0 bridgehead atoms. The zero-order valence-electron chi connectivity index (χ0n) is 7.18. The van der Waals surface area contributed by atoms with Crippen LogP contribution >= 0.6 is 0 Å². The highest BCUT2D eigenvalue weighted by atomic mass is 16.1. The smallest absolute Gasteiger partial charge is 0.137 e. The van der Waals surface area contributed by atoms with Crippen molar-refractivity contribution in [3.05, 3.63) is 23.3 Å². The number of hydrogen-bond acceptors (Lipinski definition) is 1. The molecule has 1 nitrogen and oxygen atoms in total. The Balaban J connectivity index is 2.68. The Morgan fingerprint density at radius 1 is 1.55 bits per heavy atom. The van der Waals surface area contributed by atoms with Crippen molar-refractivity contribution in [1.29, 1.82) is 0 Å². The normalized spacial score (nSPS) is 20.0. The number of carbonyl (C=O) groups excluding carboxylic acids is 1. The van der Waals surface area contributed by atoms with Crippen molar-refractivity contribution in [3.63, 3.8) is 0 Å². The fourth-order valence-corrected chi connectivity index (χ4v) is 1.26. The molecular weight excluding hydrogens is 136 g/mol. The van der Waals surface area contributed by atoms with Gasteiger partial charge in [0.2, 0.25) is 0 Å². The van der Waals surface area contributed by atoms with Crippen LogP contribution in [0, 0.1) is 0 Å². The van der Waals surface area contributed by atoms with Gasteiger partial charge in [0.15, 0.2) is 0 Å². The van der Waals surface area contributed by atoms with Gasteiger partial charge in [-0.05, 0) is 25.8 Å². The summed E-state index contributed by atoms with van der Waals surface area (Å²) in [6.45, 7) is 4.13. The zero-order valence-corrected chi connectivity index (χ0v) is 7.18. The minimum absolute atomic E-state index is 0.373. The number of rotatable bonds is 1. The van der Waals surface area contributed by atoms with Gasteiger partial charge >= 0.3 is 0 Å². The van der Waals surface area contributed by atoms with E-state index < -0.39 is 0 Å². The summed E-state index contributed by atoms with van der Waals surface area (Å²) in [5.74, 6) is 0.373. The van der Waals surface area contributed by atoms with E-state index in [2.05, 4.69) is 19.1 Å². The molecule has 0 aromatic carbocycles. The molecule has 0 heterocycles. The predicted octanol–water partition coefficient (Wildman–Crippen LogP) is 2.63. The van der Waals surface area contributed by atoms with Crippen molar-refractivity contribution >= 4 is 5.78 Å². The molecule has 0 fully saturated rings. The first kappa shape index (κ1) is 8.25. The summed E-state index contributed by atoms with van der Waals surface area (Å²) in [5, 5.41) is 0. The summed E-state index contributed by atoms with van der Waals surface area (Å²) in [5.41, 5.74) is 2.67. The maximum absolute atomic E-state index is 10.9. The molecule has 0 saturated heterocycles. The molecule has 0 saturated carbocycles. The monoisotopic (exact) mass is 150 g/mol. The topological polar surface area (TPSA) is 17.1 Å². The lowest BCUT2D eigenvalue weighted by Gasteiger charge is -2.11. The van der Waals surface area contributed by atoms with E-state index in [9.17, 15) is 4.79 Å². The van der Waals surface area contributed by atoms with Gasteiger partial charge in [0.1, 0.15) is 5.78 Å². The van der Waals surface area contributed by atoms with Crippen LogP contribution in [0.4, 0.5) is 0 Å². The average Bonchev–Trinajstić information content (AvgIpc) is 2.05. The standard InChI is InChI=1S/C10H14O/c1-3-8(2)9-4-6-10(11)7-5-9/h3-4H,5-7H2,1-2H3. The second-order valence-electron chi connectivity index (χ2n) is 2.94. The van der Waals surface area contributed by atoms with Gasteiger partial charge in [-0.25, -0.2) is 0 Å². The van der Waals surface area contributed by atoms with E-state index in [1.165, 1.54) is 11.1 Å². The molecule has 0 aromatic heterocycles. The molecule has 1 aliphatic carbocycles. The predicted molar refractivity (Wildman–Crippen MR) is 46.4 cm³/mol. The molecule has 1 aliphatic rings. The molecule has 60 valence electrons.